The number of hydrogen-bond donors (Lipinski definition) is 2. The van der Waals surface area contributed by atoms with Crippen molar-refractivity contribution in [1.82, 2.24) is 14.8 Å². The Morgan fingerprint density at radius 3 is 2.71 bits per heavy atom. The lowest BCUT2D eigenvalue weighted by molar-refractivity contribution is 0.0666. The van der Waals surface area contributed by atoms with Crippen molar-refractivity contribution >= 4 is 49.7 Å². The molecule has 0 aliphatic carbocycles. The van der Waals surface area contributed by atoms with Gasteiger partial charge in [0.25, 0.3) is 5.91 Å². The highest BCUT2D eigenvalue weighted by Gasteiger charge is 2.38. The highest BCUT2D eigenvalue weighted by molar-refractivity contribution is 7.23. The molecule has 0 spiro atoms. The predicted molar refractivity (Wildman–Crippen MR) is 157 cm³/mol. The molecule has 2 aromatic carbocycles. The van der Waals surface area contributed by atoms with Crippen molar-refractivity contribution in [2.75, 3.05) is 45.3 Å². The number of aromatic nitrogens is 1. The van der Waals surface area contributed by atoms with Crippen LogP contribution < -0.4 is 16.2 Å². The summed E-state index contributed by atoms with van der Waals surface area (Å²) in [5.74, 6) is -1.88. The fourth-order valence-corrected chi connectivity index (χ4v) is 6.51. The minimum atomic E-state index is -0.877. The number of rotatable bonds is 7. The van der Waals surface area contributed by atoms with Crippen LogP contribution in [0.1, 0.15) is 40.0 Å². The van der Waals surface area contributed by atoms with Gasteiger partial charge in [0, 0.05) is 35.8 Å². The van der Waals surface area contributed by atoms with Crippen molar-refractivity contribution in [3.05, 3.63) is 69.4 Å². The standard InChI is InChI=1S/C29H27ClF2N6O2S/c1-14(15-5-4-9-36-27(15)34)38-10-8-17-22(29(38)39)25(40-12-11-37(2)3)24(32)21(23(17)30)16-6-7-19(31)26-20(16)18(13-33)28(35)41-26/h4-7,9,14H,8,10-12,35H2,1-3H3,(H2,34,36). The predicted octanol–water partition coefficient (Wildman–Crippen LogP) is 5.63. The van der Waals surface area contributed by atoms with Gasteiger partial charge in [-0.3, -0.25) is 4.79 Å². The monoisotopic (exact) mass is 596 g/mol. The molecular formula is C29H27ClF2N6O2S. The minimum absolute atomic E-state index is 0.000531. The summed E-state index contributed by atoms with van der Waals surface area (Å²) in [5, 5.41) is 10.1. The van der Waals surface area contributed by atoms with E-state index in [2.05, 4.69) is 4.98 Å². The normalized spacial score (nSPS) is 13.9. The van der Waals surface area contributed by atoms with Gasteiger partial charge >= 0.3 is 0 Å². The van der Waals surface area contributed by atoms with Gasteiger partial charge in [-0.05, 0) is 50.7 Å². The Balaban J connectivity index is 1.73. The summed E-state index contributed by atoms with van der Waals surface area (Å²) >= 11 is 7.80. The molecule has 1 unspecified atom stereocenters. The van der Waals surface area contributed by atoms with E-state index in [4.69, 9.17) is 27.8 Å². The van der Waals surface area contributed by atoms with Crippen molar-refractivity contribution in [3.63, 3.8) is 0 Å². The van der Waals surface area contributed by atoms with Crippen LogP contribution in [-0.4, -0.2) is 54.5 Å². The van der Waals surface area contributed by atoms with Gasteiger partial charge < -0.3 is 26.0 Å². The van der Waals surface area contributed by atoms with E-state index in [0.29, 0.717) is 29.9 Å². The zero-order valence-corrected chi connectivity index (χ0v) is 24.2. The number of nitriles is 1. The molecule has 1 aliphatic rings. The second-order valence-electron chi connectivity index (χ2n) is 9.99. The van der Waals surface area contributed by atoms with Crippen LogP contribution in [-0.2, 0) is 6.42 Å². The Hall–Kier alpha value is -3.98. The Morgan fingerprint density at radius 2 is 2.02 bits per heavy atom. The first-order valence-corrected chi connectivity index (χ1v) is 14.0. The SMILES string of the molecule is CC(c1cccnc1N)N1CCc2c(Cl)c(-c3ccc(F)c4sc(N)c(C#N)c34)c(F)c(OCCN(C)C)c2C1=O. The van der Waals surface area contributed by atoms with E-state index in [9.17, 15) is 14.4 Å². The van der Waals surface area contributed by atoms with Crippen molar-refractivity contribution in [2.45, 2.75) is 19.4 Å². The molecule has 5 rings (SSSR count). The Kier molecular flexibility index (Phi) is 7.74. The van der Waals surface area contributed by atoms with Crippen LogP contribution in [0.25, 0.3) is 21.2 Å². The molecule has 0 saturated carbocycles. The van der Waals surface area contributed by atoms with E-state index in [1.165, 1.54) is 12.1 Å². The lowest BCUT2D eigenvalue weighted by atomic mass is 9.89. The Labute approximate surface area is 244 Å². The summed E-state index contributed by atoms with van der Waals surface area (Å²) < 4.78 is 37.5. The number of nitrogens with two attached hydrogens (primary N) is 2. The van der Waals surface area contributed by atoms with E-state index in [1.54, 1.807) is 23.2 Å². The van der Waals surface area contributed by atoms with Gasteiger partial charge in [0.15, 0.2) is 11.6 Å². The number of ether oxygens (including phenoxy) is 1. The molecule has 212 valence electrons. The molecule has 41 heavy (non-hydrogen) atoms. The number of anilines is 2. The van der Waals surface area contributed by atoms with Gasteiger partial charge in [-0.25, -0.2) is 13.8 Å². The van der Waals surface area contributed by atoms with Gasteiger partial charge in [0.05, 0.1) is 26.9 Å². The van der Waals surface area contributed by atoms with Crippen molar-refractivity contribution in [1.29, 1.82) is 5.26 Å². The zero-order valence-electron chi connectivity index (χ0n) is 22.6. The smallest absolute Gasteiger partial charge is 0.258 e. The van der Waals surface area contributed by atoms with E-state index in [0.717, 1.165) is 11.3 Å². The summed E-state index contributed by atoms with van der Waals surface area (Å²) in [7, 11) is 3.68. The highest BCUT2D eigenvalue weighted by Crippen LogP contribution is 2.49. The molecule has 0 bridgehead atoms. The van der Waals surface area contributed by atoms with Crippen LogP contribution in [0.3, 0.4) is 0 Å². The molecule has 3 heterocycles. The summed E-state index contributed by atoms with van der Waals surface area (Å²) in [4.78, 5) is 21.6. The Bertz CT molecular complexity index is 1740. The van der Waals surface area contributed by atoms with Crippen molar-refractivity contribution in [2.24, 2.45) is 0 Å². The maximum Gasteiger partial charge on any atom is 0.258 e. The van der Waals surface area contributed by atoms with Crippen LogP contribution in [0.5, 0.6) is 5.75 Å². The number of nitrogens with zero attached hydrogens (tertiary/aromatic N) is 4. The largest absolute Gasteiger partial charge is 0.488 e. The number of hydrogen-bond acceptors (Lipinski definition) is 8. The fraction of sp³-hybridized carbons (Fsp3) is 0.276. The van der Waals surface area contributed by atoms with Gasteiger partial charge in [0.2, 0.25) is 0 Å². The second kappa shape index (κ2) is 11.1. The van der Waals surface area contributed by atoms with Crippen LogP contribution in [0, 0.1) is 23.0 Å². The number of thiophene rings is 1. The number of amides is 1. The molecule has 1 amide bonds. The highest BCUT2D eigenvalue weighted by atomic mass is 35.5. The molecule has 8 nitrogen and oxygen atoms in total. The number of halogens is 3. The third-order valence-electron chi connectivity index (χ3n) is 7.28. The number of carbonyl (C=O) groups is 1. The van der Waals surface area contributed by atoms with Gasteiger partial charge in [-0.15, -0.1) is 11.3 Å². The number of benzene rings is 2. The summed E-state index contributed by atoms with van der Waals surface area (Å²) in [6, 6.07) is 7.63. The maximum absolute atomic E-state index is 16.7. The van der Waals surface area contributed by atoms with Crippen LogP contribution >= 0.6 is 22.9 Å². The number of pyridine rings is 1. The summed E-state index contributed by atoms with van der Waals surface area (Å²) in [5.41, 5.74) is 13.4. The quantitative estimate of drug-likeness (QED) is 0.283. The third-order valence-corrected chi connectivity index (χ3v) is 8.73. The lowest BCUT2D eigenvalue weighted by Gasteiger charge is -2.35. The molecule has 0 saturated heterocycles. The fourth-order valence-electron chi connectivity index (χ4n) is 5.19. The van der Waals surface area contributed by atoms with Crippen LogP contribution in [0.4, 0.5) is 19.6 Å². The zero-order chi connectivity index (χ0) is 29.6. The maximum atomic E-state index is 16.7. The minimum Gasteiger partial charge on any atom is -0.488 e. The first-order valence-electron chi connectivity index (χ1n) is 12.8. The first kappa shape index (κ1) is 28.5. The first-order chi connectivity index (χ1) is 19.6. The topological polar surface area (TPSA) is 122 Å². The molecular weight excluding hydrogens is 570 g/mol. The average Bonchev–Trinajstić information content (AvgIpc) is 3.28. The third kappa shape index (κ3) is 4.82. The average molecular weight is 597 g/mol. The van der Waals surface area contributed by atoms with E-state index < -0.39 is 23.6 Å². The van der Waals surface area contributed by atoms with E-state index in [1.807, 2.05) is 32.0 Å². The lowest BCUT2D eigenvalue weighted by Crippen LogP contribution is -2.40. The molecule has 0 radical (unpaired) electrons. The molecule has 4 N–H and O–H groups in total. The van der Waals surface area contributed by atoms with Crippen molar-refractivity contribution in [3.8, 4) is 22.9 Å². The molecule has 0 fully saturated rings. The molecule has 1 aliphatic heterocycles. The number of fused-ring (bicyclic) bond motifs is 2. The Morgan fingerprint density at radius 1 is 1.27 bits per heavy atom. The second-order valence-corrected chi connectivity index (χ2v) is 11.4. The molecule has 1 atom stereocenters. The summed E-state index contributed by atoms with van der Waals surface area (Å²) in [6.07, 6.45) is 1.86. The van der Waals surface area contributed by atoms with Crippen molar-refractivity contribution < 1.29 is 18.3 Å². The summed E-state index contributed by atoms with van der Waals surface area (Å²) in [6.45, 7) is 2.64. The van der Waals surface area contributed by atoms with Gasteiger partial charge in [-0.2, -0.15) is 5.26 Å². The van der Waals surface area contributed by atoms with E-state index in [-0.39, 0.29) is 61.3 Å². The van der Waals surface area contributed by atoms with Crippen LogP contribution in [0.15, 0.2) is 30.5 Å². The van der Waals surface area contributed by atoms with Gasteiger partial charge in [-0.1, -0.05) is 23.7 Å². The molecule has 12 heteroatoms. The van der Waals surface area contributed by atoms with Crippen LogP contribution in [0.2, 0.25) is 5.02 Å². The number of nitrogen functional groups attached to an aromatic ring is 2. The molecule has 2 aromatic heterocycles. The van der Waals surface area contributed by atoms with E-state index >= 15 is 4.39 Å². The molecule has 4 aromatic rings. The van der Waals surface area contributed by atoms with Gasteiger partial charge in [0.1, 0.15) is 29.3 Å². The number of likely N-dealkylation sites (N-methyl/N-ethyl adjacent to an activating group) is 1. The number of carbonyl (C=O) groups excluding carboxylic acids is 1.